The maximum absolute atomic E-state index is 12.4. The zero-order valence-electron chi connectivity index (χ0n) is 15.0. The van der Waals surface area contributed by atoms with Gasteiger partial charge in [0.1, 0.15) is 5.75 Å². The predicted molar refractivity (Wildman–Crippen MR) is 101 cm³/mol. The van der Waals surface area contributed by atoms with E-state index in [0.717, 1.165) is 4.57 Å². The third kappa shape index (κ3) is 3.45. The first-order valence-corrected chi connectivity index (χ1v) is 8.56. The number of aromatic nitrogens is 4. The molecule has 3 aromatic rings. The maximum atomic E-state index is 12.4. The maximum Gasteiger partial charge on any atom is 0.339 e. The highest BCUT2D eigenvalue weighted by Crippen LogP contribution is 2.18. The number of anilines is 1. The van der Waals surface area contributed by atoms with Crippen molar-refractivity contribution in [3.8, 4) is 5.75 Å². The molecule has 0 aliphatic rings. The van der Waals surface area contributed by atoms with Gasteiger partial charge in [-0.15, -0.1) is 0 Å². The largest absolute Gasteiger partial charge is 0.494 e. The summed E-state index contributed by atoms with van der Waals surface area (Å²) in [6.45, 7) is 2.44. The second kappa shape index (κ2) is 7.28. The summed E-state index contributed by atoms with van der Waals surface area (Å²) >= 11 is 6.13. The fourth-order valence-electron chi connectivity index (χ4n) is 2.69. The Balaban J connectivity index is 1.90. The summed E-state index contributed by atoms with van der Waals surface area (Å²) < 4.78 is 8.65. The number of carbonyl (C=O) groups excluding carboxylic acids is 1. The van der Waals surface area contributed by atoms with E-state index in [1.165, 1.54) is 23.1 Å². The van der Waals surface area contributed by atoms with Crippen LogP contribution in [-0.4, -0.2) is 31.0 Å². The second-order valence-electron chi connectivity index (χ2n) is 5.85. The molecule has 9 nitrogen and oxygen atoms in total. The van der Waals surface area contributed by atoms with Crippen molar-refractivity contribution in [1.29, 1.82) is 0 Å². The highest BCUT2D eigenvalue weighted by molar-refractivity contribution is 6.30. The number of rotatable bonds is 5. The van der Waals surface area contributed by atoms with Crippen LogP contribution in [0.2, 0.25) is 5.15 Å². The number of aryl methyl sites for hydroxylation is 1. The van der Waals surface area contributed by atoms with Crippen molar-refractivity contribution < 1.29 is 9.53 Å². The molecule has 0 saturated heterocycles. The van der Waals surface area contributed by atoms with Gasteiger partial charge in [-0.05, 0) is 31.2 Å². The molecule has 0 aliphatic heterocycles. The van der Waals surface area contributed by atoms with E-state index in [4.69, 9.17) is 16.3 Å². The van der Waals surface area contributed by atoms with Crippen molar-refractivity contribution in [2.45, 2.75) is 13.3 Å². The fourth-order valence-corrected chi connectivity index (χ4v) is 2.92. The number of ether oxygens (including phenoxy) is 1. The van der Waals surface area contributed by atoms with Gasteiger partial charge >= 0.3 is 11.4 Å². The summed E-state index contributed by atoms with van der Waals surface area (Å²) in [4.78, 5) is 40.9. The molecule has 1 aromatic carbocycles. The van der Waals surface area contributed by atoms with E-state index in [-0.39, 0.29) is 29.0 Å². The number of nitrogens with zero attached hydrogens (tertiary/aromatic N) is 4. The van der Waals surface area contributed by atoms with Gasteiger partial charge in [-0.25, -0.2) is 18.6 Å². The van der Waals surface area contributed by atoms with Crippen LogP contribution in [0.25, 0.3) is 5.78 Å². The van der Waals surface area contributed by atoms with Gasteiger partial charge in [0.15, 0.2) is 5.15 Å². The lowest BCUT2D eigenvalue weighted by molar-refractivity contribution is -0.115. The highest BCUT2D eigenvalue weighted by atomic mass is 35.5. The first-order valence-electron chi connectivity index (χ1n) is 8.19. The minimum atomic E-state index is -0.614. The minimum absolute atomic E-state index is 0.00450. The molecule has 0 saturated carbocycles. The van der Waals surface area contributed by atoms with Crippen molar-refractivity contribution in [3.05, 3.63) is 56.1 Å². The quantitative estimate of drug-likeness (QED) is 0.698. The van der Waals surface area contributed by atoms with Crippen LogP contribution in [0.15, 0.2) is 33.9 Å². The zero-order chi connectivity index (χ0) is 19.7. The van der Waals surface area contributed by atoms with Crippen molar-refractivity contribution in [3.63, 3.8) is 0 Å². The lowest BCUT2D eigenvalue weighted by Gasteiger charge is -2.08. The molecule has 1 amide bonds. The first kappa shape index (κ1) is 18.7. The molecule has 142 valence electrons. The number of amides is 1. The Morgan fingerprint density at radius 2 is 1.81 bits per heavy atom. The molecule has 27 heavy (non-hydrogen) atoms. The van der Waals surface area contributed by atoms with Crippen LogP contribution < -0.4 is 21.4 Å². The molecule has 10 heteroatoms. The molecule has 0 unspecified atom stereocenters. The van der Waals surface area contributed by atoms with E-state index >= 15 is 0 Å². The molecular formula is C17H18ClN5O4. The summed E-state index contributed by atoms with van der Waals surface area (Å²) in [5.41, 5.74) is -0.351. The van der Waals surface area contributed by atoms with E-state index in [1.54, 1.807) is 24.3 Å². The predicted octanol–water partition coefficient (Wildman–Crippen LogP) is 0.965. The van der Waals surface area contributed by atoms with Crippen LogP contribution in [-0.2, 0) is 25.3 Å². The van der Waals surface area contributed by atoms with Crippen LogP contribution in [0.3, 0.4) is 0 Å². The minimum Gasteiger partial charge on any atom is -0.494 e. The Kier molecular flexibility index (Phi) is 5.04. The molecule has 0 spiro atoms. The number of benzene rings is 1. The van der Waals surface area contributed by atoms with E-state index in [0.29, 0.717) is 18.0 Å². The van der Waals surface area contributed by atoms with Crippen LogP contribution in [0.1, 0.15) is 12.6 Å². The topological polar surface area (TPSA) is 99.6 Å². The van der Waals surface area contributed by atoms with Crippen LogP contribution in [0, 0.1) is 0 Å². The lowest BCUT2D eigenvalue weighted by Crippen LogP contribution is -2.41. The van der Waals surface area contributed by atoms with E-state index in [9.17, 15) is 14.4 Å². The van der Waals surface area contributed by atoms with Gasteiger partial charge in [0, 0.05) is 19.8 Å². The van der Waals surface area contributed by atoms with Crippen LogP contribution in [0.4, 0.5) is 5.69 Å². The van der Waals surface area contributed by atoms with Gasteiger partial charge in [0.25, 0.3) is 0 Å². The number of carbonyl (C=O) groups is 1. The molecular weight excluding hydrogens is 374 g/mol. The number of fused-ring (bicyclic) bond motifs is 1. The molecule has 0 radical (unpaired) electrons. The van der Waals surface area contributed by atoms with Gasteiger partial charge < -0.3 is 10.1 Å². The molecule has 0 atom stereocenters. The van der Waals surface area contributed by atoms with Gasteiger partial charge in [0.2, 0.25) is 11.7 Å². The van der Waals surface area contributed by atoms with Crippen LogP contribution in [0.5, 0.6) is 5.75 Å². The summed E-state index contributed by atoms with van der Waals surface area (Å²) in [6, 6.07) is 6.90. The third-order valence-electron chi connectivity index (χ3n) is 4.04. The smallest absolute Gasteiger partial charge is 0.339 e. The fraction of sp³-hybridized carbons (Fsp3) is 0.294. The van der Waals surface area contributed by atoms with Crippen molar-refractivity contribution in [2.24, 2.45) is 14.1 Å². The van der Waals surface area contributed by atoms with Gasteiger partial charge in [0.05, 0.1) is 18.7 Å². The Hall–Kier alpha value is -3.07. The van der Waals surface area contributed by atoms with Crippen LogP contribution >= 0.6 is 11.6 Å². The van der Waals surface area contributed by atoms with Gasteiger partial charge in [-0.2, -0.15) is 4.98 Å². The molecule has 2 aromatic heterocycles. The summed E-state index contributed by atoms with van der Waals surface area (Å²) in [5, 5.41) is 2.73. The first-order chi connectivity index (χ1) is 12.8. The molecule has 0 fully saturated rings. The molecule has 2 heterocycles. The molecule has 0 aliphatic carbocycles. The van der Waals surface area contributed by atoms with Crippen molar-refractivity contribution in [1.82, 2.24) is 18.5 Å². The zero-order valence-corrected chi connectivity index (χ0v) is 15.8. The lowest BCUT2D eigenvalue weighted by atomic mass is 10.2. The summed E-state index contributed by atoms with van der Waals surface area (Å²) in [7, 11) is 2.83. The second-order valence-corrected chi connectivity index (χ2v) is 6.21. The molecule has 3 rings (SSSR count). The Morgan fingerprint density at radius 1 is 1.15 bits per heavy atom. The van der Waals surface area contributed by atoms with Crippen molar-refractivity contribution >= 4 is 29.0 Å². The van der Waals surface area contributed by atoms with E-state index < -0.39 is 11.4 Å². The SMILES string of the molecule is CCOc1ccc(NC(=O)Cc2c(Cl)nc3n(C)c(=O)n(C)c(=O)n23)cc1. The van der Waals surface area contributed by atoms with Crippen molar-refractivity contribution in [2.75, 3.05) is 11.9 Å². The monoisotopic (exact) mass is 391 g/mol. The van der Waals surface area contributed by atoms with E-state index in [2.05, 4.69) is 10.3 Å². The number of hydrogen-bond donors (Lipinski definition) is 1. The normalized spacial score (nSPS) is 11.0. The van der Waals surface area contributed by atoms with Gasteiger partial charge in [-0.3, -0.25) is 9.36 Å². The summed E-state index contributed by atoms with van der Waals surface area (Å²) in [5.74, 6) is 0.403. The number of nitrogens with one attached hydrogen (secondary N) is 1. The molecule has 0 bridgehead atoms. The molecule has 1 N–H and O–H groups in total. The Bertz CT molecular complexity index is 1130. The third-order valence-corrected chi connectivity index (χ3v) is 4.34. The standard InChI is InChI=1S/C17H18ClN5O4/c1-4-27-11-7-5-10(6-8-11)19-13(24)9-12-14(18)20-15-21(2)16(25)22(3)17(26)23(12)15/h5-8H,4,9H2,1-3H3,(H,19,24). The van der Waals surface area contributed by atoms with E-state index in [1.807, 2.05) is 6.92 Å². The highest BCUT2D eigenvalue weighted by Gasteiger charge is 2.20. The average molecular weight is 392 g/mol. The number of hydrogen-bond acceptors (Lipinski definition) is 5. The number of halogens is 1. The Labute approximate surface area is 158 Å². The average Bonchev–Trinajstić information content (AvgIpc) is 2.96. The number of imidazole rings is 1. The summed E-state index contributed by atoms with van der Waals surface area (Å²) in [6.07, 6.45) is -0.180. The Morgan fingerprint density at radius 3 is 2.44 bits per heavy atom. The van der Waals surface area contributed by atoms with Gasteiger partial charge in [-0.1, -0.05) is 11.6 Å².